The summed E-state index contributed by atoms with van der Waals surface area (Å²) in [6, 6.07) is 5.52. The van der Waals surface area contributed by atoms with Crippen molar-refractivity contribution in [3.8, 4) is 5.88 Å². The van der Waals surface area contributed by atoms with Gasteiger partial charge in [0.05, 0.1) is 12.7 Å². The van der Waals surface area contributed by atoms with Crippen molar-refractivity contribution in [3.05, 3.63) is 24.4 Å². The molecule has 8 heteroatoms. The van der Waals surface area contributed by atoms with E-state index >= 15 is 0 Å². The molecule has 0 aromatic carbocycles. The Morgan fingerprint density at radius 1 is 1.46 bits per heavy atom. The molecule has 1 aromatic rings. The van der Waals surface area contributed by atoms with Crippen molar-refractivity contribution in [1.29, 1.82) is 0 Å². The molecular formula is C16H25N3O4S. The Morgan fingerprint density at radius 3 is 3.00 bits per heavy atom. The lowest BCUT2D eigenvalue weighted by Crippen LogP contribution is -2.59. The van der Waals surface area contributed by atoms with Crippen molar-refractivity contribution in [3.63, 3.8) is 0 Å². The van der Waals surface area contributed by atoms with E-state index < -0.39 is 10.2 Å². The molecule has 2 saturated heterocycles. The van der Waals surface area contributed by atoms with Gasteiger partial charge in [0.2, 0.25) is 5.88 Å². The fourth-order valence-electron chi connectivity index (χ4n) is 3.54. The van der Waals surface area contributed by atoms with Crippen LogP contribution in [0.5, 0.6) is 5.88 Å². The van der Waals surface area contributed by atoms with Crippen LogP contribution >= 0.6 is 0 Å². The van der Waals surface area contributed by atoms with E-state index in [1.807, 2.05) is 18.2 Å². The quantitative estimate of drug-likeness (QED) is 0.792. The normalized spacial score (nSPS) is 28.5. The Kier molecular flexibility index (Phi) is 5.10. The molecule has 2 fully saturated rings. The van der Waals surface area contributed by atoms with Gasteiger partial charge < -0.3 is 9.47 Å². The summed E-state index contributed by atoms with van der Waals surface area (Å²) in [5, 5.41) is 0. The first-order chi connectivity index (χ1) is 11.4. The molecule has 0 aliphatic carbocycles. The summed E-state index contributed by atoms with van der Waals surface area (Å²) in [6.45, 7) is 2.05. The predicted octanol–water partition coefficient (Wildman–Crippen LogP) is 1.14. The highest BCUT2D eigenvalue weighted by Gasteiger charge is 2.49. The van der Waals surface area contributed by atoms with E-state index in [-0.39, 0.29) is 11.5 Å². The van der Waals surface area contributed by atoms with Gasteiger partial charge in [0.1, 0.15) is 0 Å². The minimum absolute atomic E-state index is 0.0311. The van der Waals surface area contributed by atoms with E-state index in [0.29, 0.717) is 32.0 Å². The average Bonchev–Trinajstić information content (AvgIpc) is 2.60. The van der Waals surface area contributed by atoms with Crippen LogP contribution in [0, 0.1) is 5.41 Å². The first-order valence-electron chi connectivity index (χ1n) is 8.27. The summed E-state index contributed by atoms with van der Waals surface area (Å²) in [5.41, 5.74) is -0.322. The summed E-state index contributed by atoms with van der Waals surface area (Å²) < 4.78 is 39.8. The fraction of sp³-hybridized carbons (Fsp3) is 0.688. The molecule has 24 heavy (non-hydrogen) atoms. The summed E-state index contributed by atoms with van der Waals surface area (Å²) in [7, 11) is -0.301. The van der Waals surface area contributed by atoms with E-state index in [2.05, 4.69) is 4.98 Å². The van der Waals surface area contributed by atoms with Crippen LogP contribution in [0.1, 0.15) is 19.3 Å². The second-order valence-electron chi connectivity index (χ2n) is 6.69. The molecular weight excluding hydrogens is 330 g/mol. The van der Waals surface area contributed by atoms with E-state index in [1.165, 1.54) is 4.31 Å². The van der Waals surface area contributed by atoms with Crippen LogP contribution in [0.4, 0.5) is 0 Å². The van der Waals surface area contributed by atoms with Gasteiger partial charge in [0.15, 0.2) is 0 Å². The maximum Gasteiger partial charge on any atom is 0.281 e. The van der Waals surface area contributed by atoms with E-state index in [4.69, 9.17) is 9.47 Å². The number of hydrogen-bond acceptors (Lipinski definition) is 5. The van der Waals surface area contributed by atoms with Gasteiger partial charge >= 0.3 is 0 Å². The number of hydrogen-bond donors (Lipinski definition) is 0. The van der Waals surface area contributed by atoms with Crippen LogP contribution in [0.25, 0.3) is 0 Å². The zero-order valence-electron chi connectivity index (χ0n) is 14.2. The van der Waals surface area contributed by atoms with Crippen LogP contribution in [-0.4, -0.2) is 68.5 Å². The Labute approximate surface area is 143 Å². The van der Waals surface area contributed by atoms with Crippen LogP contribution in [0.15, 0.2) is 24.4 Å². The molecule has 2 aliphatic heterocycles. The van der Waals surface area contributed by atoms with Crippen LogP contribution in [0.3, 0.4) is 0 Å². The van der Waals surface area contributed by atoms with E-state index in [1.54, 1.807) is 24.6 Å². The molecule has 0 saturated carbocycles. The highest BCUT2D eigenvalue weighted by atomic mass is 32.2. The van der Waals surface area contributed by atoms with Gasteiger partial charge in [0, 0.05) is 51.5 Å². The fourth-order valence-corrected chi connectivity index (χ4v) is 4.76. The molecule has 0 bridgehead atoms. The third-order valence-corrected chi connectivity index (χ3v) is 6.77. The first kappa shape index (κ1) is 17.6. The summed E-state index contributed by atoms with van der Waals surface area (Å²) in [6.07, 6.45) is 4.22. The molecule has 0 radical (unpaired) electrons. The molecule has 0 unspecified atom stereocenters. The van der Waals surface area contributed by atoms with Gasteiger partial charge in [-0.3, -0.25) is 0 Å². The van der Waals surface area contributed by atoms with Gasteiger partial charge in [-0.15, -0.1) is 0 Å². The van der Waals surface area contributed by atoms with E-state index in [9.17, 15) is 8.42 Å². The van der Waals surface area contributed by atoms with Crippen molar-refractivity contribution in [2.24, 2.45) is 5.41 Å². The van der Waals surface area contributed by atoms with Gasteiger partial charge in [0.25, 0.3) is 10.2 Å². The van der Waals surface area contributed by atoms with Crippen LogP contribution in [-0.2, 0) is 14.9 Å². The third-order valence-electron chi connectivity index (χ3n) is 4.89. The minimum atomic E-state index is -3.43. The second-order valence-corrected chi connectivity index (χ2v) is 8.84. The molecule has 0 spiro atoms. The Hall–Kier alpha value is -1.22. The molecule has 0 amide bonds. The zero-order chi connectivity index (χ0) is 17.2. The molecule has 7 nitrogen and oxygen atoms in total. The molecule has 2 aliphatic rings. The lowest BCUT2D eigenvalue weighted by atomic mass is 9.73. The Bertz CT molecular complexity index is 653. The summed E-state index contributed by atoms with van der Waals surface area (Å²) in [4.78, 5) is 4.19. The predicted molar refractivity (Wildman–Crippen MR) is 89.9 cm³/mol. The highest BCUT2D eigenvalue weighted by molar-refractivity contribution is 7.86. The number of fused-ring (bicyclic) bond motifs is 1. The number of pyridine rings is 1. The number of nitrogens with zero attached hydrogens (tertiary/aromatic N) is 3. The maximum absolute atomic E-state index is 12.5. The second kappa shape index (κ2) is 6.95. The topological polar surface area (TPSA) is 72.0 Å². The lowest BCUT2D eigenvalue weighted by Gasteiger charge is -2.49. The van der Waals surface area contributed by atoms with Gasteiger partial charge in [-0.2, -0.15) is 17.0 Å². The van der Waals surface area contributed by atoms with Crippen molar-refractivity contribution in [1.82, 2.24) is 13.6 Å². The standard InChI is InChI=1S/C16H25N3O4S/c1-18(2)24(20,21)19-10-7-14-16(12-19,8-5-11-22-14)13-23-15-6-3-4-9-17-15/h3-4,6,9,14H,5,7-8,10-13H2,1-2H3/t14-,16+/m1/s1. The van der Waals surface area contributed by atoms with Crippen LogP contribution in [0.2, 0.25) is 0 Å². The largest absolute Gasteiger partial charge is 0.477 e. The van der Waals surface area contributed by atoms with Crippen LogP contribution < -0.4 is 4.74 Å². The molecule has 3 heterocycles. The molecule has 134 valence electrons. The minimum Gasteiger partial charge on any atom is -0.477 e. The smallest absolute Gasteiger partial charge is 0.281 e. The summed E-state index contributed by atoms with van der Waals surface area (Å²) >= 11 is 0. The summed E-state index contributed by atoms with van der Waals surface area (Å²) in [5.74, 6) is 0.559. The van der Waals surface area contributed by atoms with Gasteiger partial charge in [-0.1, -0.05) is 6.07 Å². The first-order valence-corrected chi connectivity index (χ1v) is 9.67. The van der Waals surface area contributed by atoms with Crippen molar-refractivity contribution < 1.29 is 17.9 Å². The molecule has 0 N–H and O–H groups in total. The Balaban J connectivity index is 1.79. The average molecular weight is 355 g/mol. The molecule has 1 aromatic heterocycles. The van der Waals surface area contributed by atoms with Crippen molar-refractivity contribution in [2.45, 2.75) is 25.4 Å². The number of ether oxygens (including phenoxy) is 2. The lowest BCUT2D eigenvalue weighted by molar-refractivity contribution is -0.128. The maximum atomic E-state index is 12.5. The molecule has 3 rings (SSSR count). The van der Waals surface area contributed by atoms with Crippen molar-refractivity contribution in [2.75, 3.05) is 40.4 Å². The molecule has 2 atom stereocenters. The monoisotopic (exact) mass is 355 g/mol. The van der Waals surface area contributed by atoms with Gasteiger partial charge in [-0.25, -0.2) is 4.98 Å². The number of rotatable bonds is 5. The number of piperidine rings is 1. The number of aromatic nitrogens is 1. The third kappa shape index (κ3) is 3.42. The highest BCUT2D eigenvalue weighted by Crippen LogP contribution is 2.41. The Morgan fingerprint density at radius 2 is 2.29 bits per heavy atom. The van der Waals surface area contributed by atoms with E-state index in [0.717, 1.165) is 19.4 Å². The van der Waals surface area contributed by atoms with Gasteiger partial charge in [-0.05, 0) is 25.3 Å². The zero-order valence-corrected chi connectivity index (χ0v) is 15.0. The SMILES string of the molecule is CN(C)S(=O)(=O)N1CC[C@H]2OCCC[C@@]2(COc2ccccn2)C1. The van der Waals surface area contributed by atoms with Crippen molar-refractivity contribution >= 4 is 10.2 Å².